The lowest BCUT2D eigenvalue weighted by molar-refractivity contribution is -0.139. The number of ketones is 2. The largest absolute Gasteiger partial charge is 0.348 e. The third-order valence-corrected chi connectivity index (χ3v) is 6.96. The van der Waals surface area contributed by atoms with Crippen LogP contribution in [0.5, 0.6) is 0 Å². The standard InChI is InChI=1S/C26H37N9O5/c1-3-14(2)19(29)23(37)21-26(40)32-20(22(36)17(28)9-6-7-11-27)25(39)30-12-15-13-35(34-33-15)18-10-5-4-8-16(18)24(38)31-21/h4-5,8,10,13-14,17,19-21H,3,6-7,9,11-12,27-29H2,1-2H3,(H,30,39)(H,31,38)(H,32,40)/t14-,17-,19-,20-,21-/m0/s1. The van der Waals surface area contributed by atoms with Gasteiger partial charge in [-0.3, -0.25) is 24.0 Å². The number of rotatable bonds is 10. The van der Waals surface area contributed by atoms with Crippen LogP contribution in [0.2, 0.25) is 0 Å². The van der Waals surface area contributed by atoms with Gasteiger partial charge in [0.25, 0.3) is 17.7 Å². The van der Waals surface area contributed by atoms with Gasteiger partial charge in [0.2, 0.25) is 0 Å². The molecule has 2 aromatic rings. The average molecular weight is 556 g/mol. The third kappa shape index (κ3) is 7.14. The number of aromatic nitrogens is 3. The minimum atomic E-state index is -1.80. The molecule has 9 N–H and O–H groups in total. The first-order valence-corrected chi connectivity index (χ1v) is 13.3. The summed E-state index contributed by atoms with van der Waals surface area (Å²) in [5.74, 6) is -4.53. The molecule has 14 heteroatoms. The van der Waals surface area contributed by atoms with Gasteiger partial charge >= 0.3 is 0 Å². The number of hydrogen-bond acceptors (Lipinski definition) is 10. The zero-order valence-corrected chi connectivity index (χ0v) is 22.6. The van der Waals surface area contributed by atoms with Crippen LogP contribution < -0.4 is 33.2 Å². The molecule has 1 aromatic heterocycles. The highest BCUT2D eigenvalue weighted by Crippen LogP contribution is 2.16. The molecule has 0 radical (unpaired) electrons. The highest BCUT2D eigenvalue weighted by Gasteiger charge is 2.39. The van der Waals surface area contributed by atoms with Gasteiger partial charge < -0.3 is 33.2 Å². The van der Waals surface area contributed by atoms with Crippen molar-refractivity contribution in [3.8, 4) is 5.69 Å². The molecule has 0 saturated carbocycles. The Morgan fingerprint density at radius 3 is 2.45 bits per heavy atom. The van der Waals surface area contributed by atoms with Gasteiger partial charge in [0.05, 0.1) is 36.1 Å². The van der Waals surface area contributed by atoms with E-state index in [0.29, 0.717) is 37.2 Å². The molecule has 0 saturated heterocycles. The number of Topliss-reactive ketones (excluding diaryl/α,β-unsaturated/α-hetero) is 2. The molecule has 1 aliphatic heterocycles. The lowest BCUT2D eigenvalue weighted by atomic mass is 9.91. The summed E-state index contributed by atoms with van der Waals surface area (Å²) >= 11 is 0. The number of carbonyl (C=O) groups is 5. The molecule has 0 unspecified atom stereocenters. The van der Waals surface area contributed by atoms with Gasteiger partial charge in [0.15, 0.2) is 23.7 Å². The highest BCUT2D eigenvalue weighted by atomic mass is 16.2. The maximum Gasteiger partial charge on any atom is 0.254 e. The summed E-state index contributed by atoms with van der Waals surface area (Å²) in [7, 11) is 0. The molecule has 40 heavy (non-hydrogen) atoms. The fourth-order valence-electron chi connectivity index (χ4n) is 4.20. The number of amides is 3. The van der Waals surface area contributed by atoms with E-state index in [1.54, 1.807) is 25.1 Å². The molecule has 3 rings (SSSR count). The lowest BCUT2D eigenvalue weighted by Crippen LogP contribution is -2.62. The number of hydrogen-bond donors (Lipinski definition) is 6. The summed E-state index contributed by atoms with van der Waals surface area (Å²) in [6, 6.07) is 0.686. The fraction of sp³-hybridized carbons (Fsp3) is 0.500. The number of nitrogens with one attached hydrogen (secondary N) is 3. The second kappa shape index (κ2) is 13.9. The Morgan fingerprint density at radius 2 is 1.75 bits per heavy atom. The number of unbranched alkanes of at least 4 members (excludes halogenated alkanes) is 1. The first-order valence-electron chi connectivity index (χ1n) is 13.3. The van der Waals surface area contributed by atoms with Crippen LogP contribution in [0.25, 0.3) is 5.69 Å². The summed E-state index contributed by atoms with van der Waals surface area (Å²) in [4.78, 5) is 66.8. The van der Waals surface area contributed by atoms with E-state index in [4.69, 9.17) is 17.2 Å². The molecule has 216 valence electrons. The van der Waals surface area contributed by atoms with Crippen LogP contribution in [0.15, 0.2) is 30.5 Å². The Kier molecular flexibility index (Phi) is 10.6. The van der Waals surface area contributed by atoms with Gasteiger partial charge in [-0.25, -0.2) is 4.68 Å². The second-order valence-electron chi connectivity index (χ2n) is 9.84. The third-order valence-electron chi connectivity index (χ3n) is 6.96. The summed E-state index contributed by atoms with van der Waals surface area (Å²) in [5, 5.41) is 15.4. The van der Waals surface area contributed by atoms with Crippen molar-refractivity contribution in [1.29, 1.82) is 0 Å². The minimum absolute atomic E-state index is 0.109. The Labute approximate surface area is 231 Å². The van der Waals surface area contributed by atoms with Crippen molar-refractivity contribution >= 4 is 29.3 Å². The minimum Gasteiger partial charge on any atom is -0.348 e. The number of nitrogens with zero attached hydrogens (tertiary/aromatic N) is 3. The van der Waals surface area contributed by atoms with Crippen molar-refractivity contribution in [2.75, 3.05) is 6.54 Å². The molecule has 0 fully saturated rings. The van der Waals surface area contributed by atoms with Gasteiger partial charge in [0.1, 0.15) is 5.69 Å². The average Bonchev–Trinajstić information content (AvgIpc) is 3.44. The first kappa shape index (κ1) is 30.5. The van der Waals surface area contributed by atoms with E-state index in [1.165, 1.54) is 16.9 Å². The molecule has 14 nitrogen and oxygen atoms in total. The van der Waals surface area contributed by atoms with E-state index in [1.807, 2.05) is 6.92 Å². The first-order chi connectivity index (χ1) is 19.1. The van der Waals surface area contributed by atoms with Gasteiger partial charge in [-0.1, -0.05) is 44.0 Å². The highest BCUT2D eigenvalue weighted by molar-refractivity contribution is 6.15. The quantitative estimate of drug-likeness (QED) is 0.146. The van der Waals surface area contributed by atoms with E-state index in [2.05, 4.69) is 26.3 Å². The van der Waals surface area contributed by atoms with Crippen LogP contribution in [-0.4, -0.2) is 75.0 Å². The van der Waals surface area contributed by atoms with E-state index in [-0.39, 0.29) is 24.4 Å². The van der Waals surface area contributed by atoms with Crippen LogP contribution in [-0.2, 0) is 25.7 Å². The molecule has 1 aromatic carbocycles. The molecule has 5 atom stereocenters. The number of fused-ring (bicyclic) bond motifs is 4. The summed E-state index contributed by atoms with van der Waals surface area (Å²) in [5.41, 5.74) is 18.5. The number of para-hydroxylation sites is 1. The monoisotopic (exact) mass is 555 g/mol. The second-order valence-corrected chi connectivity index (χ2v) is 9.84. The van der Waals surface area contributed by atoms with Crippen LogP contribution in [0.4, 0.5) is 0 Å². The van der Waals surface area contributed by atoms with E-state index >= 15 is 0 Å². The normalized spacial score (nSPS) is 20.2. The summed E-state index contributed by atoms with van der Waals surface area (Å²) < 4.78 is 1.33. The predicted molar refractivity (Wildman–Crippen MR) is 145 cm³/mol. The van der Waals surface area contributed by atoms with Crippen molar-refractivity contribution in [3.63, 3.8) is 0 Å². The molecule has 2 heterocycles. The molecule has 3 amide bonds. The smallest absolute Gasteiger partial charge is 0.254 e. The topological polar surface area (TPSA) is 230 Å². The Hall–Kier alpha value is -4.01. The SMILES string of the molecule is CC[C@H](C)[C@H](N)C(=O)[C@@H]1NC(=O)c2ccccc2-n2cc(nn2)CNC(=O)[C@H](C(=O)[C@@H](N)CCCCN)NC1=O. The van der Waals surface area contributed by atoms with Crippen LogP contribution in [0.1, 0.15) is 55.6 Å². The van der Waals surface area contributed by atoms with Gasteiger partial charge in [-0.2, -0.15) is 0 Å². The maximum absolute atomic E-state index is 13.5. The molecule has 0 spiro atoms. The van der Waals surface area contributed by atoms with E-state index in [0.717, 1.165) is 0 Å². The maximum atomic E-state index is 13.5. The zero-order chi connectivity index (χ0) is 29.4. The van der Waals surface area contributed by atoms with Crippen LogP contribution in [0.3, 0.4) is 0 Å². The van der Waals surface area contributed by atoms with Crippen molar-refractivity contribution in [3.05, 3.63) is 41.7 Å². The van der Waals surface area contributed by atoms with Crippen molar-refractivity contribution in [1.82, 2.24) is 30.9 Å². The van der Waals surface area contributed by atoms with Gasteiger partial charge in [0, 0.05) is 0 Å². The number of benzene rings is 1. The van der Waals surface area contributed by atoms with E-state index < -0.39 is 53.5 Å². The molecule has 2 bridgehead atoms. The van der Waals surface area contributed by atoms with Gasteiger partial charge in [-0.05, 0) is 37.4 Å². The zero-order valence-electron chi connectivity index (χ0n) is 22.6. The Morgan fingerprint density at radius 1 is 1.05 bits per heavy atom. The predicted octanol–water partition coefficient (Wildman–Crippen LogP) is -1.55. The van der Waals surface area contributed by atoms with Gasteiger partial charge in [-0.15, -0.1) is 5.10 Å². The van der Waals surface area contributed by atoms with Crippen molar-refractivity contribution in [2.24, 2.45) is 23.1 Å². The summed E-state index contributed by atoms with van der Waals surface area (Å²) in [6.07, 6.45) is 3.44. The Balaban J connectivity index is 2.04. The number of carbonyl (C=O) groups excluding carboxylic acids is 5. The van der Waals surface area contributed by atoms with Crippen LogP contribution in [0, 0.1) is 5.92 Å². The lowest BCUT2D eigenvalue weighted by Gasteiger charge is -2.26. The van der Waals surface area contributed by atoms with Crippen LogP contribution >= 0.6 is 0 Å². The van der Waals surface area contributed by atoms with Crippen molar-refractivity contribution < 1.29 is 24.0 Å². The fourth-order valence-corrected chi connectivity index (χ4v) is 4.20. The van der Waals surface area contributed by atoms with Crippen molar-refractivity contribution in [2.45, 2.75) is 70.2 Å². The Bertz CT molecular complexity index is 1250. The van der Waals surface area contributed by atoms with E-state index in [9.17, 15) is 24.0 Å². The summed E-state index contributed by atoms with van der Waals surface area (Å²) in [6.45, 7) is 3.85. The molecular formula is C26H37N9O5. The number of nitrogens with two attached hydrogens (primary N) is 3. The molecule has 0 aliphatic carbocycles. The molecule has 1 aliphatic rings. The molecular weight excluding hydrogens is 518 g/mol.